The van der Waals surface area contributed by atoms with Crippen LogP contribution in [0.25, 0.3) is 0 Å². The van der Waals surface area contributed by atoms with Gasteiger partial charge in [0, 0.05) is 13.1 Å². The van der Waals surface area contributed by atoms with Crippen LogP contribution in [0.1, 0.15) is 39.5 Å². The Morgan fingerprint density at radius 1 is 1.33 bits per heavy atom. The van der Waals surface area contributed by atoms with Crippen LogP contribution in [0, 0.1) is 11.3 Å². The van der Waals surface area contributed by atoms with Crippen LogP contribution >= 0.6 is 0 Å². The summed E-state index contributed by atoms with van der Waals surface area (Å²) in [6.45, 7) is 8.81. The van der Waals surface area contributed by atoms with Crippen LogP contribution in [0.4, 0.5) is 0 Å². The van der Waals surface area contributed by atoms with Gasteiger partial charge in [-0.3, -0.25) is 0 Å². The lowest BCUT2D eigenvalue weighted by Crippen LogP contribution is -2.26. The molecular formula is C11H21N. The fourth-order valence-electron chi connectivity index (χ4n) is 2.34. The Kier molecular flexibility index (Phi) is 2.16. The third kappa shape index (κ3) is 1.66. The van der Waals surface area contributed by atoms with Crippen LogP contribution in [-0.2, 0) is 0 Å². The summed E-state index contributed by atoms with van der Waals surface area (Å²) in [5, 5.41) is 0. The van der Waals surface area contributed by atoms with Gasteiger partial charge >= 0.3 is 0 Å². The largest absolute Gasteiger partial charge is 0.302 e. The molecule has 1 aliphatic carbocycles. The van der Waals surface area contributed by atoms with Crippen molar-refractivity contribution in [2.75, 3.05) is 19.6 Å². The third-order valence-electron chi connectivity index (χ3n) is 3.74. The molecule has 1 heteroatoms. The highest BCUT2D eigenvalue weighted by Gasteiger charge is 2.47. The van der Waals surface area contributed by atoms with Crippen molar-refractivity contribution >= 4 is 0 Å². The average Bonchev–Trinajstić information content (AvgIpc) is 2.68. The third-order valence-corrected chi connectivity index (χ3v) is 3.74. The van der Waals surface area contributed by atoms with E-state index in [1.54, 1.807) is 0 Å². The molecule has 1 nitrogen and oxygen atoms in total. The number of nitrogens with zero attached hydrogens (tertiary/aromatic N) is 1. The smallest absolute Gasteiger partial charge is 0.00386 e. The zero-order valence-corrected chi connectivity index (χ0v) is 8.47. The zero-order chi connectivity index (χ0) is 8.60. The van der Waals surface area contributed by atoms with Gasteiger partial charge in [0.2, 0.25) is 0 Å². The summed E-state index contributed by atoms with van der Waals surface area (Å²) in [5.74, 6) is 0.902. The highest BCUT2D eigenvalue weighted by atomic mass is 15.2. The molecular weight excluding hydrogens is 146 g/mol. The van der Waals surface area contributed by atoms with E-state index >= 15 is 0 Å². The molecule has 1 aliphatic heterocycles. The van der Waals surface area contributed by atoms with Crippen molar-refractivity contribution in [1.82, 2.24) is 4.90 Å². The molecule has 1 unspecified atom stereocenters. The van der Waals surface area contributed by atoms with Gasteiger partial charge in [0.05, 0.1) is 0 Å². The maximum atomic E-state index is 2.68. The normalized spacial score (nSPS) is 29.5. The van der Waals surface area contributed by atoms with Gasteiger partial charge in [-0.25, -0.2) is 0 Å². The summed E-state index contributed by atoms with van der Waals surface area (Å²) in [6, 6.07) is 0. The van der Waals surface area contributed by atoms with Crippen molar-refractivity contribution < 1.29 is 0 Å². The molecule has 0 amide bonds. The summed E-state index contributed by atoms with van der Waals surface area (Å²) in [7, 11) is 0. The second kappa shape index (κ2) is 3.02. The van der Waals surface area contributed by atoms with E-state index in [-0.39, 0.29) is 0 Å². The van der Waals surface area contributed by atoms with Crippen LogP contribution in [0.5, 0.6) is 0 Å². The zero-order valence-electron chi connectivity index (χ0n) is 8.47. The number of likely N-dealkylation sites (tertiary alicyclic amines) is 1. The molecule has 0 radical (unpaired) electrons. The lowest BCUT2D eigenvalue weighted by atomic mass is 10.1. The van der Waals surface area contributed by atoms with Crippen LogP contribution in [0.3, 0.4) is 0 Å². The highest BCUT2D eigenvalue weighted by Crippen LogP contribution is 2.52. The first kappa shape index (κ1) is 8.55. The van der Waals surface area contributed by atoms with E-state index in [0.717, 1.165) is 11.3 Å². The van der Waals surface area contributed by atoms with Gasteiger partial charge in [0.25, 0.3) is 0 Å². The van der Waals surface area contributed by atoms with Gasteiger partial charge in [-0.1, -0.05) is 20.3 Å². The van der Waals surface area contributed by atoms with E-state index in [4.69, 9.17) is 0 Å². The first-order valence-electron chi connectivity index (χ1n) is 5.46. The van der Waals surface area contributed by atoms with E-state index in [9.17, 15) is 0 Å². The average molecular weight is 167 g/mol. The molecule has 1 heterocycles. The van der Waals surface area contributed by atoms with E-state index in [1.807, 2.05) is 0 Å². The molecule has 12 heavy (non-hydrogen) atoms. The Balaban J connectivity index is 1.76. The summed E-state index contributed by atoms with van der Waals surface area (Å²) in [5.41, 5.74) is 0.827. The fourth-order valence-corrected chi connectivity index (χ4v) is 2.34. The molecule has 0 aromatic carbocycles. The Morgan fingerprint density at radius 3 is 2.58 bits per heavy atom. The number of hydrogen-bond acceptors (Lipinski definition) is 1. The van der Waals surface area contributed by atoms with Crippen molar-refractivity contribution in [2.45, 2.75) is 39.5 Å². The standard InChI is InChI=1S/C11H21N/c1-3-10(2)8-12-7-6-11(9-12)4-5-11/h10H,3-9H2,1-2H3. The molecule has 1 saturated carbocycles. The molecule has 0 bridgehead atoms. The minimum atomic E-state index is 0.827. The van der Waals surface area contributed by atoms with Gasteiger partial charge in [-0.2, -0.15) is 0 Å². The molecule has 2 rings (SSSR count). The molecule has 0 aromatic heterocycles. The first-order valence-corrected chi connectivity index (χ1v) is 5.46. The Morgan fingerprint density at radius 2 is 2.08 bits per heavy atom. The monoisotopic (exact) mass is 167 g/mol. The van der Waals surface area contributed by atoms with Crippen LogP contribution < -0.4 is 0 Å². The molecule has 1 atom stereocenters. The highest BCUT2D eigenvalue weighted by molar-refractivity contribution is 5.00. The molecule has 1 saturated heterocycles. The van der Waals surface area contributed by atoms with Gasteiger partial charge in [0.15, 0.2) is 0 Å². The van der Waals surface area contributed by atoms with Crippen molar-refractivity contribution in [3.63, 3.8) is 0 Å². The molecule has 0 aromatic rings. The number of rotatable bonds is 3. The molecule has 2 aliphatic rings. The van der Waals surface area contributed by atoms with Gasteiger partial charge < -0.3 is 4.90 Å². The fraction of sp³-hybridized carbons (Fsp3) is 1.00. The van der Waals surface area contributed by atoms with E-state index in [1.165, 1.54) is 45.3 Å². The lowest BCUT2D eigenvalue weighted by molar-refractivity contribution is 0.271. The van der Waals surface area contributed by atoms with Gasteiger partial charge in [-0.15, -0.1) is 0 Å². The van der Waals surface area contributed by atoms with Crippen molar-refractivity contribution in [2.24, 2.45) is 11.3 Å². The summed E-state index contributed by atoms with van der Waals surface area (Å²) >= 11 is 0. The van der Waals surface area contributed by atoms with Crippen molar-refractivity contribution in [3.8, 4) is 0 Å². The van der Waals surface area contributed by atoms with Crippen LogP contribution in [0.15, 0.2) is 0 Å². The molecule has 70 valence electrons. The lowest BCUT2D eigenvalue weighted by Gasteiger charge is -2.19. The quantitative estimate of drug-likeness (QED) is 0.624. The first-order chi connectivity index (χ1) is 5.74. The summed E-state index contributed by atoms with van der Waals surface area (Å²) in [4.78, 5) is 2.68. The van der Waals surface area contributed by atoms with Crippen LogP contribution in [-0.4, -0.2) is 24.5 Å². The van der Waals surface area contributed by atoms with Gasteiger partial charge in [0.1, 0.15) is 0 Å². The number of hydrogen-bond donors (Lipinski definition) is 0. The predicted molar refractivity (Wildman–Crippen MR) is 52.2 cm³/mol. The van der Waals surface area contributed by atoms with Gasteiger partial charge in [-0.05, 0) is 37.1 Å². The topological polar surface area (TPSA) is 3.24 Å². The van der Waals surface area contributed by atoms with Crippen LogP contribution in [0.2, 0.25) is 0 Å². The maximum Gasteiger partial charge on any atom is 0.00386 e. The minimum Gasteiger partial charge on any atom is -0.302 e. The molecule has 1 spiro atoms. The SMILES string of the molecule is CCC(C)CN1CCC2(CC2)C1. The van der Waals surface area contributed by atoms with Crippen molar-refractivity contribution in [3.05, 3.63) is 0 Å². The molecule has 0 N–H and O–H groups in total. The maximum absolute atomic E-state index is 2.68. The van der Waals surface area contributed by atoms with Crippen molar-refractivity contribution in [1.29, 1.82) is 0 Å². The van der Waals surface area contributed by atoms with E-state index in [2.05, 4.69) is 18.7 Å². The Bertz CT molecular complexity index is 160. The predicted octanol–water partition coefficient (Wildman–Crippen LogP) is 2.52. The Hall–Kier alpha value is -0.0400. The summed E-state index contributed by atoms with van der Waals surface area (Å²) < 4.78 is 0. The second-order valence-electron chi connectivity index (χ2n) is 5.00. The minimum absolute atomic E-state index is 0.827. The second-order valence-corrected chi connectivity index (χ2v) is 5.00. The van der Waals surface area contributed by atoms with E-state index < -0.39 is 0 Å². The van der Waals surface area contributed by atoms with E-state index in [0.29, 0.717) is 0 Å². The Labute approximate surface area is 76.1 Å². The molecule has 2 fully saturated rings. The summed E-state index contributed by atoms with van der Waals surface area (Å²) in [6.07, 6.45) is 5.86.